The summed E-state index contributed by atoms with van der Waals surface area (Å²) in [5.74, 6) is 0. The van der Waals surface area contributed by atoms with Crippen LogP contribution in [0.4, 0.5) is 0 Å². The van der Waals surface area contributed by atoms with E-state index in [1.807, 2.05) is 12.1 Å². The Morgan fingerprint density at radius 3 is 1.16 bits per heavy atom. The molecule has 0 spiro atoms. The molecule has 8 heteroatoms. The quantitative estimate of drug-likeness (QED) is 0.165. The van der Waals surface area contributed by atoms with Crippen molar-refractivity contribution in [1.82, 2.24) is 0 Å². The van der Waals surface area contributed by atoms with Gasteiger partial charge in [0.1, 0.15) is 11.2 Å². The summed E-state index contributed by atoms with van der Waals surface area (Å²) in [5, 5.41) is 0. The van der Waals surface area contributed by atoms with Crippen LogP contribution in [-0.2, 0) is 43.4 Å². The predicted octanol–water partition coefficient (Wildman–Crippen LogP) is 11.2. The molecule has 0 aliphatic carbocycles. The Kier molecular flexibility index (Phi) is 11.2. The van der Waals surface area contributed by atoms with Gasteiger partial charge in [-0.2, -0.15) is 0 Å². The Morgan fingerprint density at radius 2 is 0.820 bits per heavy atom. The van der Waals surface area contributed by atoms with Crippen molar-refractivity contribution in [2.45, 2.75) is 107 Å². The van der Waals surface area contributed by atoms with Crippen LogP contribution in [0.25, 0.3) is 0 Å². The molecule has 4 aromatic rings. The largest absolute Gasteiger partial charge is 0.370 e. The fourth-order valence-electron chi connectivity index (χ4n) is 8.40. The van der Waals surface area contributed by atoms with Gasteiger partial charge >= 0.3 is 0 Å². The molecule has 0 unspecified atom stereocenters. The Hall–Kier alpha value is -1.36. The van der Waals surface area contributed by atoms with E-state index in [4.69, 9.17) is 18.9 Å². The van der Waals surface area contributed by atoms with Crippen LogP contribution in [0.2, 0.25) is 0 Å². The first-order valence-electron chi connectivity index (χ1n) is 17.5. The van der Waals surface area contributed by atoms with Crippen LogP contribution in [-0.4, -0.2) is 42.7 Å². The van der Waals surface area contributed by atoms with E-state index < -0.39 is 0 Å². The molecule has 4 saturated heterocycles. The molecule has 0 saturated carbocycles. The number of hydrogen-bond acceptors (Lipinski definition) is 4. The molecule has 4 aromatic carbocycles. The van der Waals surface area contributed by atoms with E-state index in [-0.39, 0.29) is 44.3 Å². The zero-order valence-electron chi connectivity index (χ0n) is 28.4. The van der Waals surface area contributed by atoms with E-state index in [0.717, 1.165) is 25.7 Å². The smallest absolute Gasteiger partial charge is 0.106 e. The molecular formula is C42H44Br4O4. The van der Waals surface area contributed by atoms with Gasteiger partial charge in [-0.1, -0.05) is 185 Å². The van der Waals surface area contributed by atoms with E-state index in [9.17, 15) is 0 Å². The number of fused-ring (bicyclic) bond motifs is 4. The van der Waals surface area contributed by atoms with Gasteiger partial charge < -0.3 is 18.9 Å². The van der Waals surface area contributed by atoms with Gasteiger partial charge in [0, 0.05) is 22.5 Å². The number of halogens is 4. The van der Waals surface area contributed by atoms with E-state index in [1.165, 1.54) is 22.3 Å². The summed E-state index contributed by atoms with van der Waals surface area (Å²) in [6.07, 6.45) is 3.72. The lowest BCUT2D eigenvalue weighted by molar-refractivity contribution is -0.152. The fraction of sp³-hybridized carbons (Fsp3) is 0.429. The lowest BCUT2D eigenvalue weighted by Crippen LogP contribution is -2.53. The summed E-state index contributed by atoms with van der Waals surface area (Å²) >= 11 is 15.5. The molecular weight excluding hydrogens is 888 g/mol. The first kappa shape index (κ1) is 37.0. The summed E-state index contributed by atoms with van der Waals surface area (Å²) in [7, 11) is 0. The molecule has 4 fully saturated rings. The Labute approximate surface area is 330 Å². The number of alkyl halides is 4. The zero-order valence-corrected chi connectivity index (χ0v) is 34.7. The third kappa shape index (κ3) is 7.14. The third-order valence-corrected chi connectivity index (χ3v) is 17.3. The molecule has 4 nitrogen and oxygen atoms in total. The molecule has 8 rings (SSSR count). The van der Waals surface area contributed by atoms with Crippen LogP contribution in [0.5, 0.6) is 0 Å². The first-order chi connectivity index (χ1) is 24.1. The van der Waals surface area contributed by atoms with Crippen LogP contribution < -0.4 is 0 Å². The summed E-state index contributed by atoms with van der Waals surface area (Å²) in [4.78, 5) is 1.11. The number of ether oxygens (including phenoxy) is 4. The van der Waals surface area contributed by atoms with Gasteiger partial charge in [0.05, 0.1) is 46.3 Å². The molecule has 0 radical (unpaired) electrons. The van der Waals surface area contributed by atoms with Gasteiger partial charge in [0.15, 0.2) is 0 Å². The molecule has 4 bridgehead atoms. The van der Waals surface area contributed by atoms with Gasteiger partial charge in [-0.25, -0.2) is 0 Å². The highest BCUT2D eigenvalue weighted by Gasteiger charge is 2.64. The number of benzene rings is 4. The van der Waals surface area contributed by atoms with E-state index in [2.05, 4.69) is 187 Å². The highest BCUT2D eigenvalue weighted by molar-refractivity contribution is 9.12. The molecule has 0 amide bonds. The molecule has 10 atom stereocenters. The van der Waals surface area contributed by atoms with Crippen molar-refractivity contribution in [3.05, 3.63) is 144 Å². The van der Waals surface area contributed by atoms with Crippen LogP contribution in [0.15, 0.2) is 121 Å². The van der Waals surface area contributed by atoms with Crippen molar-refractivity contribution in [1.29, 1.82) is 0 Å². The summed E-state index contributed by atoms with van der Waals surface area (Å²) in [5.41, 5.74) is 3.59. The van der Waals surface area contributed by atoms with Crippen molar-refractivity contribution < 1.29 is 18.9 Å². The second-order valence-corrected chi connectivity index (χ2v) is 18.8. The maximum atomic E-state index is 6.74. The molecule has 0 N–H and O–H groups in total. The van der Waals surface area contributed by atoms with E-state index >= 15 is 0 Å². The first-order valence-corrected chi connectivity index (χ1v) is 21.1. The molecule has 4 aliphatic heterocycles. The van der Waals surface area contributed by atoms with Crippen LogP contribution >= 0.6 is 63.7 Å². The monoisotopic (exact) mass is 928 g/mol. The Bertz CT molecular complexity index is 1570. The minimum absolute atomic E-state index is 0.0415. The summed E-state index contributed by atoms with van der Waals surface area (Å²) in [6.45, 7) is 5.59. The SMILES string of the molecule is C[C@]12O[C@](c3ccccc3)(C[C@@H](Br)[C@@H]1Br)C[C@H]2OCc1ccccc1.C[C@]12O[C@](c3ccccc3)(C[C@@H](Br)[C@@H]1Br)C[C@H]2OCc1ccccc1. The molecule has 4 heterocycles. The zero-order chi connectivity index (χ0) is 35.0. The molecule has 4 aliphatic rings. The minimum atomic E-state index is -0.364. The average molecular weight is 932 g/mol. The van der Waals surface area contributed by atoms with Gasteiger partial charge in [-0.05, 0) is 48.9 Å². The van der Waals surface area contributed by atoms with Gasteiger partial charge in [0.2, 0.25) is 0 Å². The van der Waals surface area contributed by atoms with Crippen LogP contribution in [0.1, 0.15) is 61.8 Å². The number of hydrogen-bond donors (Lipinski definition) is 0. The highest BCUT2D eigenvalue weighted by atomic mass is 79.9. The van der Waals surface area contributed by atoms with Crippen molar-refractivity contribution in [2.24, 2.45) is 0 Å². The van der Waals surface area contributed by atoms with Crippen LogP contribution in [0.3, 0.4) is 0 Å². The van der Waals surface area contributed by atoms with Crippen molar-refractivity contribution >= 4 is 63.7 Å². The fourth-order valence-corrected chi connectivity index (χ4v) is 11.6. The normalized spacial score (nSPS) is 37.2. The molecule has 264 valence electrons. The van der Waals surface area contributed by atoms with Gasteiger partial charge in [-0.3, -0.25) is 0 Å². The lowest BCUT2D eigenvalue weighted by Gasteiger charge is -2.45. The van der Waals surface area contributed by atoms with Crippen molar-refractivity contribution in [2.75, 3.05) is 0 Å². The highest BCUT2D eigenvalue weighted by Crippen LogP contribution is 2.59. The van der Waals surface area contributed by atoms with Crippen molar-refractivity contribution in [3.8, 4) is 0 Å². The van der Waals surface area contributed by atoms with E-state index in [1.54, 1.807) is 0 Å². The third-order valence-electron chi connectivity index (χ3n) is 11.1. The van der Waals surface area contributed by atoms with Crippen molar-refractivity contribution in [3.63, 3.8) is 0 Å². The Balaban J connectivity index is 0.000000157. The summed E-state index contributed by atoms with van der Waals surface area (Å²) < 4.78 is 26.3. The van der Waals surface area contributed by atoms with Crippen LogP contribution in [0, 0.1) is 0 Å². The minimum Gasteiger partial charge on any atom is -0.370 e. The van der Waals surface area contributed by atoms with Gasteiger partial charge in [0.25, 0.3) is 0 Å². The molecule has 50 heavy (non-hydrogen) atoms. The second kappa shape index (κ2) is 15.2. The lowest BCUT2D eigenvalue weighted by atomic mass is 9.86. The molecule has 0 aromatic heterocycles. The maximum Gasteiger partial charge on any atom is 0.106 e. The second-order valence-electron chi connectivity index (χ2n) is 14.5. The standard InChI is InChI=1S/2C21H22Br2O2/c2*1-20-18(24-14-15-8-4-2-5-9-15)13-21(25-20,12-17(22)19(20)23)16-10-6-3-7-11-16/h2*2-11,17-19H,12-14H2,1H3/t2*17-,18-,19+,20-,21-/m11/s1. The number of rotatable bonds is 8. The maximum absolute atomic E-state index is 6.74. The average Bonchev–Trinajstić information content (AvgIpc) is 3.57. The predicted molar refractivity (Wildman–Crippen MR) is 215 cm³/mol. The van der Waals surface area contributed by atoms with E-state index in [0.29, 0.717) is 22.9 Å². The topological polar surface area (TPSA) is 36.9 Å². The van der Waals surface area contributed by atoms with Gasteiger partial charge in [-0.15, -0.1) is 0 Å². The Morgan fingerprint density at radius 1 is 0.500 bits per heavy atom. The summed E-state index contributed by atoms with van der Waals surface area (Å²) in [6, 6.07) is 41.9.